The van der Waals surface area contributed by atoms with Gasteiger partial charge in [-0.3, -0.25) is 9.59 Å². The zero-order valence-corrected chi connectivity index (χ0v) is 10.6. The molecule has 0 aromatic heterocycles. The number of halogens is 3. The molecule has 1 unspecified atom stereocenters. The highest BCUT2D eigenvalue weighted by Crippen LogP contribution is 2.23. The number of carbonyl (C=O) groups excluding carboxylic acids is 1. The highest BCUT2D eigenvalue weighted by atomic mass is 19.4. The van der Waals surface area contributed by atoms with Crippen LogP contribution in [0.1, 0.15) is 40.0 Å². The number of hydrogen-bond acceptors (Lipinski definition) is 2. The second kappa shape index (κ2) is 6.06. The van der Waals surface area contributed by atoms with Crippen LogP contribution in [0.25, 0.3) is 0 Å². The van der Waals surface area contributed by atoms with Gasteiger partial charge in [-0.05, 0) is 11.8 Å². The molecule has 0 aromatic rings. The largest absolute Gasteiger partial charge is 0.481 e. The molecule has 4 nitrogen and oxygen atoms in total. The summed E-state index contributed by atoms with van der Waals surface area (Å²) < 4.78 is 35.9. The summed E-state index contributed by atoms with van der Waals surface area (Å²) in [6.07, 6.45) is -6.27. The first-order chi connectivity index (χ1) is 7.89. The zero-order chi connectivity index (χ0) is 14.6. The molecule has 0 aliphatic heterocycles. The van der Waals surface area contributed by atoms with Crippen LogP contribution in [0.15, 0.2) is 0 Å². The van der Waals surface area contributed by atoms with Crippen LogP contribution in [-0.2, 0) is 9.59 Å². The highest BCUT2D eigenvalue weighted by Gasteiger charge is 2.32. The summed E-state index contributed by atoms with van der Waals surface area (Å²) in [6, 6.07) is -0.794. The molecule has 7 heteroatoms. The van der Waals surface area contributed by atoms with Gasteiger partial charge in [-0.2, -0.15) is 13.2 Å². The van der Waals surface area contributed by atoms with Gasteiger partial charge in [0.05, 0.1) is 6.42 Å². The van der Waals surface area contributed by atoms with E-state index in [0.717, 1.165) is 0 Å². The van der Waals surface area contributed by atoms with Gasteiger partial charge < -0.3 is 10.4 Å². The fourth-order valence-electron chi connectivity index (χ4n) is 1.58. The van der Waals surface area contributed by atoms with E-state index in [2.05, 4.69) is 5.32 Å². The zero-order valence-electron chi connectivity index (χ0n) is 10.6. The van der Waals surface area contributed by atoms with E-state index in [9.17, 15) is 22.8 Å². The fourth-order valence-corrected chi connectivity index (χ4v) is 1.58. The first kappa shape index (κ1) is 16.7. The Labute approximate surface area is 104 Å². The Morgan fingerprint density at radius 3 is 2.06 bits per heavy atom. The average molecular weight is 269 g/mol. The maximum atomic E-state index is 12.0. The number of carboxylic acid groups (broad SMARTS) is 1. The van der Waals surface area contributed by atoms with Crippen LogP contribution in [0.3, 0.4) is 0 Å². The monoisotopic (exact) mass is 269 g/mol. The SMILES string of the molecule is CC(C)(C)CC(CC(=O)O)NC(=O)CC(F)(F)F. The summed E-state index contributed by atoms with van der Waals surface area (Å²) in [5.41, 5.74) is -0.286. The number of nitrogens with one attached hydrogen (secondary N) is 1. The number of hydrogen-bond donors (Lipinski definition) is 2. The van der Waals surface area contributed by atoms with Crippen LogP contribution in [0.4, 0.5) is 13.2 Å². The third-order valence-electron chi connectivity index (χ3n) is 2.01. The summed E-state index contributed by atoms with van der Waals surface area (Å²) in [5, 5.41) is 10.8. The molecule has 106 valence electrons. The van der Waals surface area contributed by atoms with Gasteiger partial charge >= 0.3 is 12.1 Å². The van der Waals surface area contributed by atoms with Crippen molar-refractivity contribution in [1.82, 2.24) is 5.32 Å². The van der Waals surface area contributed by atoms with E-state index in [-0.39, 0.29) is 11.8 Å². The molecule has 0 saturated heterocycles. The van der Waals surface area contributed by atoms with Crippen LogP contribution >= 0.6 is 0 Å². The lowest BCUT2D eigenvalue weighted by Gasteiger charge is -2.26. The first-order valence-corrected chi connectivity index (χ1v) is 5.47. The van der Waals surface area contributed by atoms with Gasteiger partial charge in [-0.1, -0.05) is 20.8 Å². The molecule has 0 rings (SSSR count). The minimum Gasteiger partial charge on any atom is -0.481 e. The molecule has 0 saturated carbocycles. The normalized spacial score (nSPS) is 14.1. The van der Waals surface area contributed by atoms with Crippen molar-refractivity contribution < 1.29 is 27.9 Å². The van der Waals surface area contributed by atoms with Gasteiger partial charge in [0.2, 0.25) is 5.91 Å². The van der Waals surface area contributed by atoms with Crippen molar-refractivity contribution in [1.29, 1.82) is 0 Å². The molecule has 0 spiro atoms. The summed E-state index contributed by atoms with van der Waals surface area (Å²) in [5.74, 6) is -2.35. The van der Waals surface area contributed by atoms with Crippen molar-refractivity contribution in [2.45, 2.75) is 52.3 Å². The Bertz CT molecular complexity index is 308. The van der Waals surface area contributed by atoms with Crippen molar-refractivity contribution in [3.05, 3.63) is 0 Å². The molecule has 0 bridgehead atoms. The van der Waals surface area contributed by atoms with Crippen LogP contribution in [0.2, 0.25) is 0 Å². The number of aliphatic carboxylic acids is 1. The van der Waals surface area contributed by atoms with Gasteiger partial charge in [-0.15, -0.1) is 0 Å². The molecule has 0 aliphatic carbocycles. The highest BCUT2D eigenvalue weighted by molar-refractivity contribution is 5.78. The van der Waals surface area contributed by atoms with E-state index in [4.69, 9.17) is 5.11 Å². The van der Waals surface area contributed by atoms with Crippen molar-refractivity contribution >= 4 is 11.9 Å². The van der Waals surface area contributed by atoms with Gasteiger partial charge in [0.15, 0.2) is 0 Å². The fraction of sp³-hybridized carbons (Fsp3) is 0.818. The lowest BCUT2D eigenvalue weighted by molar-refractivity contribution is -0.154. The molecule has 0 fully saturated rings. The minimum atomic E-state index is -4.58. The number of carbonyl (C=O) groups is 2. The molecule has 18 heavy (non-hydrogen) atoms. The Balaban J connectivity index is 4.50. The smallest absolute Gasteiger partial charge is 0.397 e. The third kappa shape index (κ3) is 9.92. The lowest BCUT2D eigenvalue weighted by atomic mass is 9.87. The van der Waals surface area contributed by atoms with E-state index >= 15 is 0 Å². The molecule has 2 N–H and O–H groups in total. The second-order valence-corrected chi connectivity index (χ2v) is 5.42. The molecule has 0 aliphatic rings. The van der Waals surface area contributed by atoms with E-state index in [0.29, 0.717) is 6.42 Å². The molecule has 1 amide bonds. The van der Waals surface area contributed by atoms with E-state index in [1.54, 1.807) is 0 Å². The maximum absolute atomic E-state index is 12.0. The van der Waals surface area contributed by atoms with E-state index < -0.39 is 30.5 Å². The topological polar surface area (TPSA) is 66.4 Å². The van der Waals surface area contributed by atoms with E-state index in [1.165, 1.54) is 0 Å². The predicted molar refractivity (Wildman–Crippen MR) is 58.9 cm³/mol. The molecule has 0 radical (unpaired) electrons. The number of carboxylic acids is 1. The van der Waals surface area contributed by atoms with Crippen molar-refractivity contribution in [3.63, 3.8) is 0 Å². The van der Waals surface area contributed by atoms with Gasteiger partial charge in [0.25, 0.3) is 0 Å². The van der Waals surface area contributed by atoms with Crippen LogP contribution in [0, 0.1) is 5.41 Å². The van der Waals surface area contributed by atoms with Gasteiger partial charge in [-0.25, -0.2) is 0 Å². The Morgan fingerprint density at radius 1 is 1.22 bits per heavy atom. The summed E-state index contributed by atoms with van der Waals surface area (Å²) in [7, 11) is 0. The van der Waals surface area contributed by atoms with Gasteiger partial charge in [0.1, 0.15) is 6.42 Å². The number of rotatable bonds is 5. The molecule has 0 heterocycles. The Kier molecular flexibility index (Phi) is 5.63. The number of amides is 1. The van der Waals surface area contributed by atoms with Crippen LogP contribution in [0.5, 0.6) is 0 Å². The first-order valence-electron chi connectivity index (χ1n) is 5.47. The molecular weight excluding hydrogens is 251 g/mol. The predicted octanol–water partition coefficient (Wildman–Crippen LogP) is 2.33. The number of alkyl halides is 3. The van der Waals surface area contributed by atoms with Crippen molar-refractivity contribution in [2.24, 2.45) is 5.41 Å². The summed E-state index contributed by atoms with van der Waals surface area (Å²) in [4.78, 5) is 21.7. The standard InChI is InChI=1S/C11H18F3NO3/c1-10(2,3)5-7(4-9(17)18)15-8(16)6-11(12,13)14/h7H,4-6H2,1-3H3,(H,15,16)(H,17,18). The summed E-state index contributed by atoms with van der Waals surface area (Å²) in [6.45, 7) is 5.45. The Morgan fingerprint density at radius 2 is 1.72 bits per heavy atom. The van der Waals surface area contributed by atoms with Crippen LogP contribution < -0.4 is 5.32 Å². The quantitative estimate of drug-likeness (QED) is 0.805. The van der Waals surface area contributed by atoms with E-state index in [1.807, 2.05) is 20.8 Å². The van der Waals surface area contributed by atoms with Crippen LogP contribution in [-0.4, -0.2) is 29.2 Å². The maximum Gasteiger partial charge on any atom is 0.397 e. The van der Waals surface area contributed by atoms with Crippen molar-refractivity contribution in [3.8, 4) is 0 Å². The Hall–Kier alpha value is -1.27. The second-order valence-electron chi connectivity index (χ2n) is 5.42. The van der Waals surface area contributed by atoms with Crippen molar-refractivity contribution in [2.75, 3.05) is 0 Å². The summed E-state index contributed by atoms with van der Waals surface area (Å²) >= 11 is 0. The average Bonchev–Trinajstić information content (AvgIpc) is 1.92. The molecule has 0 aromatic carbocycles. The lowest BCUT2D eigenvalue weighted by Crippen LogP contribution is -2.40. The minimum absolute atomic E-state index is 0.286. The molecule has 1 atom stereocenters. The van der Waals surface area contributed by atoms with Gasteiger partial charge in [0, 0.05) is 6.04 Å². The molecular formula is C11H18F3NO3. The third-order valence-corrected chi connectivity index (χ3v) is 2.01.